The number of hydrogen-bond acceptors (Lipinski definition) is 4. The van der Waals surface area contributed by atoms with E-state index in [4.69, 9.17) is 4.52 Å². The molecule has 1 aromatic heterocycles. The van der Waals surface area contributed by atoms with E-state index in [2.05, 4.69) is 15.4 Å². The van der Waals surface area contributed by atoms with E-state index in [0.29, 0.717) is 0 Å². The second-order valence-corrected chi connectivity index (χ2v) is 6.99. The maximum absolute atomic E-state index is 12.5. The molecule has 1 unspecified atom stereocenters. The summed E-state index contributed by atoms with van der Waals surface area (Å²) in [5, 5.41) is 7.25. The van der Waals surface area contributed by atoms with Gasteiger partial charge < -0.3 is 9.84 Å². The molecule has 1 aliphatic rings. The zero-order valence-electron chi connectivity index (χ0n) is 15.3. The molecule has 0 aliphatic carbocycles. The molecule has 2 heterocycles. The number of carbonyl (C=O) groups excluding carboxylic acids is 1. The Morgan fingerprint density at radius 1 is 1.28 bits per heavy atom. The van der Waals surface area contributed by atoms with Crippen molar-refractivity contribution in [1.29, 1.82) is 0 Å². The van der Waals surface area contributed by atoms with Gasteiger partial charge in [-0.1, -0.05) is 35.5 Å². The van der Waals surface area contributed by atoms with E-state index in [9.17, 15) is 4.79 Å². The number of nitrogens with one attached hydrogen (secondary N) is 1. The van der Waals surface area contributed by atoms with E-state index in [-0.39, 0.29) is 17.9 Å². The van der Waals surface area contributed by atoms with Crippen molar-refractivity contribution >= 4 is 5.91 Å². The number of amides is 1. The van der Waals surface area contributed by atoms with Gasteiger partial charge in [0.25, 0.3) is 0 Å². The molecule has 1 amide bonds. The molecule has 5 heteroatoms. The average Bonchev–Trinajstić information content (AvgIpc) is 2.95. The number of benzene rings is 1. The summed E-state index contributed by atoms with van der Waals surface area (Å²) in [5.41, 5.74) is 3.24. The highest BCUT2D eigenvalue weighted by Gasteiger charge is 2.24. The minimum absolute atomic E-state index is 0.110. The van der Waals surface area contributed by atoms with Crippen LogP contribution in [0.3, 0.4) is 0 Å². The van der Waals surface area contributed by atoms with E-state index in [1.54, 1.807) is 0 Å². The van der Waals surface area contributed by atoms with Crippen molar-refractivity contribution in [2.24, 2.45) is 0 Å². The van der Waals surface area contributed by atoms with E-state index in [0.717, 1.165) is 49.5 Å². The zero-order chi connectivity index (χ0) is 17.8. The number of likely N-dealkylation sites (tertiary alicyclic amines) is 1. The van der Waals surface area contributed by atoms with Crippen LogP contribution in [0.15, 0.2) is 34.9 Å². The Labute approximate surface area is 149 Å². The summed E-state index contributed by atoms with van der Waals surface area (Å²) in [6.07, 6.45) is 1.97. The fraction of sp³-hybridized carbons (Fsp3) is 0.500. The minimum atomic E-state index is -0.110. The molecule has 0 radical (unpaired) electrons. The van der Waals surface area contributed by atoms with Crippen LogP contribution in [-0.4, -0.2) is 35.1 Å². The quantitative estimate of drug-likeness (QED) is 0.907. The van der Waals surface area contributed by atoms with Gasteiger partial charge >= 0.3 is 0 Å². The summed E-state index contributed by atoms with van der Waals surface area (Å²) < 4.78 is 5.25. The number of aromatic nitrogens is 1. The second kappa shape index (κ2) is 7.83. The molecule has 3 rings (SSSR count). The molecule has 0 spiro atoms. The molecule has 134 valence electrons. The van der Waals surface area contributed by atoms with E-state index >= 15 is 0 Å². The van der Waals surface area contributed by atoms with Crippen LogP contribution in [0.4, 0.5) is 0 Å². The van der Waals surface area contributed by atoms with Gasteiger partial charge in [0.2, 0.25) is 5.91 Å². The predicted molar refractivity (Wildman–Crippen MR) is 97.3 cm³/mol. The lowest BCUT2D eigenvalue weighted by atomic mass is 9.98. The van der Waals surface area contributed by atoms with E-state index in [1.807, 2.05) is 51.1 Å². The third kappa shape index (κ3) is 4.28. The van der Waals surface area contributed by atoms with Gasteiger partial charge in [-0.25, -0.2) is 0 Å². The molecule has 1 atom stereocenters. The van der Waals surface area contributed by atoms with Crippen LogP contribution in [0.25, 0.3) is 0 Å². The molecule has 25 heavy (non-hydrogen) atoms. The third-order valence-corrected chi connectivity index (χ3v) is 5.19. The SMILES string of the molecule is Cc1noc(C)c1CN1CCC(NC(=O)C(C)c2ccccc2)CC1. The second-order valence-electron chi connectivity index (χ2n) is 6.99. The van der Waals surface area contributed by atoms with Gasteiger partial charge in [0, 0.05) is 31.2 Å². The summed E-state index contributed by atoms with van der Waals surface area (Å²) in [7, 11) is 0. The van der Waals surface area contributed by atoms with Gasteiger partial charge in [-0.15, -0.1) is 0 Å². The lowest BCUT2D eigenvalue weighted by molar-refractivity contribution is -0.123. The average molecular weight is 341 g/mol. The Hall–Kier alpha value is -2.14. The van der Waals surface area contributed by atoms with Crippen molar-refractivity contribution < 1.29 is 9.32 Å². The van der Waals surface area contributed by atoms with Gasteiger partial charge in [-0.3, -0.25) is 9.69 Å². The normalized spacial score (nSPS) is 17.4. The van der Waals surface area contributed by atoms with Crippen LogP contribution < -0.4 is 5.32 Å². The van der Waals surface area contributed by atoms with Gasteiger partial charge in [0.15, 0.2) is 0 Å². The van der Waals surface area contributed by atoms with Crippen molar-refractivity contribution in [3.8, 4) is 0 Å². The van der Waals surface area contributed by atoms with Crippen LogP contribution >= 0.6 is 0 Å². The number of aryl methyl sites for hydroxylation is 2. The molecule has 5 nitrogen and oxygen atoms in total. The molecule has 2 aromatic rings. The maximum Gasteiger partial charge on any atom is 0.227 e. The predicted octanol–water partition coefficient (Wildman–Crippen LogP) is 3.18. The van der Waals surface area contributed by atoms with E-state index < -0.39 is 0 Å². The van der Waals surface area contributed by atoms with Gasteiger partial charge in [0.05, 0.1) is 11.6 Å². The Bertz CT molecular complexity index is 683. The van der Waals surface area contributed by atoms with Crippen molar-refractivity contribution in [1.82, 2.24) is 15.4 Å². The fourth-order valence-electron chi connectivity index (χ4n) is 3.41. The first-order valence-corrected chi connectivity index (χ1v) is 9.04. The van der Waals surface area contributed by atoms with Crippen molar-refractivity contribution in [2.45, 2.75) is 52.1 Å². The molecular weight excluding hydrogens is 314 g/mol. The molecule has 1 saturated heterocycles. The first-order valence-electron chi connectivity index (χ1n) is 9.04. The van der Waals surface area contributed by atoms with Crippen molar-refractivity contribution in [3.63, 3.8) is 0 Å². The Balaban J connectivity index is 1.48. The summed E-state index contributed by atoms with van der Waals surface area (Å²) in [6.45, 7) is 8.76. The minimum Gasteiger partial charge on any atom is -0.361 e. The number of hydrogen-bond donors (Lipinski definition) is 1. The van der Waals surface area contributed by atoms with Gasteiger partial charge in [0.1, 0.15) is 5.76 Å². The third-order valence-electron chi connectivity index (χ3n) is 5.19. The molecule has 1 N–H and O–H groups in total. The lowest BCUT2D eigenvalue weighted by Gasteiger charge is -2.32. The van der Waals surface area contributed by atoms with Crippen LogP contribution in [0.5, 0.6) is 0 Å². The van der Waals surface area contributed by atoms with Gasteiger partial charge in [-0.2, -0.15) is 0 Å². The first-order chi connectivity index (χ1) is 12.0. The standard InChI is InChI=1S/C20H27N3O2/c1-14(17-7-5-4-6-8-17)20(24)21-18-9-11-23(12-10-18)13-19-15(2)22-25-16(19)3/h4-8,14,18H,9-13H2,1-3H3,(H,21,24). The summed E-state index contributed by atoms with van der Waals surface area (Å²) in [6, 6.07) is 10.2. The van der Waals surface area contributed by atoms with E-state index in [1.165, 1.54) is 5.56 Å². The van der Waals surface area contributed by atoms with Crippen LogP contribution in [-0.2, 0) is 11.3 Å². The Morgan fingerprint density at radius 3 is 2.56 bits per heavy atom. The highest BCUT2D eigenvalue weighted by Crippen LogP contribution is 2.20. The molecular formula is C20H27N3O2. The zero-order valence-corrected chi connectivity index (χ0v) is 15.3. The smallest absolute Gasteiger partial charge is 0.227 e. The molecule has 1 aliphatic heterocycles. The summed E-state index contributed by atoms with van der Waals surface area (Å²) in [4.78, 5) is 14.9. The highest BCUT2D eigenvalue weighted by atomic mass is 16.5. The molecule has 1 aromatic carbocycles. The van der Waals surface area contributed by atoms with Crippen LogP contribution in [0, 0.1) is 13.8 Å². The van der Waals surface area contributed by atoms with Crippen molar-refractivity contribution in [2.75, 3.05) is 13.1 Å². The molecule has 0 saturated carbocycles. The highest BCUT2D eigenvalue weighted by molar-refractivity contribution is 5.83. The molecule has 1 fully saturated rings. The maximum atomic E-state index is 12.5. The lowest BCUT2D eigenvalue weighted by Crippen LogP contribution is -2.45. The van der Waals surface area contributed by atoms with Gasteiger partial charge in [-0.05, 0) is 39.2 Å². The number of piperidine rings is 1. The Morgan fingerprint density at radius 2 is 1.96 bits per heavy atom. The van der Waals surface area contributed by atoms with Crippen LogP contribution in [0.2, 0.25) is 0 Å². The first kappa shape index (κ1) is 17.7. The summed E-state index contributed by atoms with van der Waals surface area (Å²) >= 11 is 0. The number of carbonyl (C=O) groups is 1. The Kier molecular flexibility index (Phi) is 5.53. The molecule has 0 bridgehead atoms. The fourth-order valence-corrected chi connectivity index (χ4v) is 3.41. The number of rotatable bonds is 5. The van der Waals surface area contributed by atoms with Crippen LogP contribution in [0.1, 0.15) is 48.3 Å². The van der Waals surface area contributed by atoms with Crippen molar-refractivity contribution in [3.05, 3.63) is 52.9 Å². The summed E-state index contributed by atoms with van der Waals surface area (Å²) in [5.74, 6) is 0.918. The largest absolute Gasteiger partial charge is 0.361 e. The number of nitrogens with zero attached hydrogens (tertiary/aromatic N) is 2. The topological polar surface area (TPSA) is 58.4 Å². The monoisotopic (exact) mass is 341 g/mol.